The van der Waals surface area contributed by atoms with Crippen molar-refractivity contribution in [1.82, 2.24) is 0 Å². The second-order valence-electron chi connectivity index (χ2n) is 7.77. The third kappa shape index (κ3) is 3.42. The first kappa shape index (κ1) is 15.1. The molecule has 2 atom stereocenters. The van der Waals surface area contributed by atoms with Gasteiger partial charge in [-0.2, -0.15) is 0 Å². The summed E-state index contributed by atoms with van der Waals surface area (Å²) in [6.07, 6.45) is 14.6. The third-order valence-electron chi connectivity index (χ3n) is 5.27. The van der Waals surface area contributed by atoms with Crippen molar-refractivity contribution in [3.8, 4) is 0 Å². The molecule has 1 saturated carbocycles. The van der Waals surface area contributed by atoms with Crippen LogP contribution in [0.2, 0.25) is 0 Å². The van der Waals surface area contributed by atoms with E-state index in [1.807, 2.05) is 0 Å². The Bertz CT molecular complexity index is 323. The van der Waals surface area contributed by atoms with Gasteiger partial charge in [-0.25, -0.2) is 0 Å². The predicted molar refractivity (Wildman–Crippen MR) is 82.1 cm³/mol. The van der Waals surface area contributed by atoms with Crippen molar-refractivity contribution in [2.45, 2.75) is 90.6 Å². The van der Waals surface area contributed by atoms with Crippen LogP contribution in [0.4, 0.5) is 0 Å². The van der Waals surface area contributed by atoms with Gasteiger partial charge in [0.25, 0.3) is 0 Å². The molecule has 0 saturated heterocycles. The van der Waals surface area contributed by atoms with Crippen LogP contribution < -0.4 is 0 Å². The first-order chi connectivity index (χ1) is 8.94. The molecule has 0 bridgehead atoms. The Morgan fingerprint density at radius 1 is 1.05 bits per heavy atom. The first-order valence-corrected chi connectivity index (χ1v) is 8.36. The van der Waals surface area contributed by atoms with Crippen LogP contribution in [0, 0.1) is 11.3 Å². The Morgan fingerprint density at radius 2 is 1.79 bits per heavy atom. The van der Waals surface area contributed by atoms with Gasteiger partial charge in [0.15, 0.2) is 0 Å². The van der Waals surface area contributed by atoms with Gasteiger partial charge in [-0.05, 0) is 55.4 Å². The molecule has 0 aromatic rings. The van der Waals surface area contributed by atoms with E-state index in [-0.39, 0.29) is 5.41 Å². The van der Waals surface area contributed by atoms with E-state index in [9.17, 15) is 5.11 Å². The van der Waals surface area contributed by atoms with Crippen LogP contribution in [0.15, 0.2) is 11.6 Å². The van der Waals surface area contributed by atoms with Gasteiger partial charge < -0.3 is 5.11 Å². The molecular weight excluding hydrogens is 232 g/mol. The number of aliphatic hydroxyl groups is 1. The fraction of sp³-hybridized carbons (Fsp3) is 0.889. The molecule has 0 aromatic carbocycles. The molecule has 0 heterocycles. The van der Waals surface area contributed by atoms with Gasteiger partial charge in [0, 0.05) is 0 Å². The van der Waals surface area contributed by atoms with Crippen molar-refractivity contribution in [2.24, 2.45) is 11.3 Å². The van der Waals surface area contributed by atoms with Gasteiger partial charge in [-0.3, -0.25) is 0 Å². The maximum atomic E-state index is 11.4. The fourth-order valence-corrected chi connectivity index (χ4v) is 4.27. The summed E-state index contributed by atoms with van der Waals surface area (Å²) in [4.78, 5) is 0. The van der Waals surface area contributed by atoms with Gasteiger partial charge in [0.1, 0.15) is 0 Å². The van der Waals surface area contributed by atoms with Gasteiger partial charge in [0.05, 0.1) is 5.60 Å². The quantitative estimate of drug-likeness (QED) is 0.643. The molecule has 1 fully saturated rings. The van der Waals surface area contributed by atoms with Gasteiger partial charge >= 0.3 is 0 Å². The number of rotatable bonds is 1. The minimum absolute atomic E-state index is 0.207. The van der Waals surface area contributed by atoms with Crippen LogP contribution in [0.3, 0.4) is 0 Å². The Balaban J connectivity index is 2.25. The predicted octanol–water partition coefficient (Wildman–Crippen LogP) is 5.23. The van der Waals surface area contributed by atoms with E-state index in [2.05, 4.69) is 26.8 Å². The van der Waals surface area contributed by atoms with Gasteiger partial charge in [-0.15, -0.1) is 0 Å². The molecule has 2 rings (SSSR count). The molecule has 2 aliphatic carbocycles. The molecule has 1 heteroatoms. The summed E-state index contributed by atoms with van der Waals surface area (Å²) in [5.41, 5.74) is 1.08. The van der Waals surface area contributed by atoms with E-state index in [0.717, 1.165) is 12.8 Å². The van der Waals surface area contributed by atoms with E-state index < -0.39 is 5.60 Å². The Hall–Kier alpha value is -0.300. The number of hydrogen-bond donors (Lipinski definition) is 1. The lowest BCUT2D eigenvalue weighted by molar-refractivity contribution is -0.0637. The van der Waals surface area contributed by atoms with Gasteiger partial charge in [0.2, 0.25) is 0 Å². The highest BCUT2D eigenvalue weighted by Gasteiger charge is 2.46. The molecule has 1 nitrogen and oxygen atoms in total. The fourth-order valence-electron chi connectivity index (χ4n) is 4.27. The van der Waals surface area contributed by atoms with E-state index in [1.165, 1.54) is 56.9 Å². The molecule has 0 radical (unpaired) electrons. The van der Waals surface area contributed by atoms with E-state index in [4.69, 9.17) is 0 Å². The van der Waals surface area contributed by atoms with Crippen LogP contribution in [-0.2, 0) is 0 Å². The Kier molecular flexibility index (Phi) is 4.76. The van der Waals surface area contributed by atoms with Crippen molar-refractivity contribution < 1.29 is 5.11 Å². The minimum atomic E-state index is -0.506. The lowest BCUT2D eigenvalue weighted by Crippen LogP contribution is -2.48. The van der Waals surface area contributed by atoms with Crippen molar-refractivity contribution in [3.05, 3.63) is 11.6 Å². The largest absolute Gasteiger partial charge is 0.385 e. The van der Waals surface area contributed by atoms with Crippen molar-refractivity contribution >= 4 is 0 Å². The maximum Gasteiger partial charge on any atom is 0.0889 e. The van der Waals surface area contributed by atoms with Crippen molar-refractivity contribution in [3.63, 3.8) is 0 Å². The summed E-state index contributed by atoms with van der Waals surface area (Å²) in [5.74, 6) is 0.430. The third-order valence-corrected chi connectivity index (χ3v) is 5.27. The van der Waals surface area contributed by atoms with E-state index in [1.54, 1.807) is 0 Å². The summed E-state index contributed by atoms with van der Waals surface area (Å²) in [7, 11) is 0. The normalized spacial score (nSPS) is 34.3. The number of hydrogen-bond acceptors (Lipinski definition) is 1. The van der Waals surface area contributed by atoms with Crippen LogP contribution in [0.1, 0.15) is 85.0 Å². The molecule has 0 spiro atoms. The molecule has 19 heavy (non-hydrogen) atoms. The lowest BCUT2D eigenvalue weighted by Gasteiger charge is -2.48. The second-order valence-corrected chi connectivity index (χ2v) is 7.77. The van der Waals surface area contributed by atoms with Crippen molar-refractivity contribution in [1.29, 1.82) is 0 Å². The van der Waals surface area contributed by atoms with Gasteiger partial charge in [-0.1, -0.05) is 52.5 Å². The van der Waals surface area contributed by atoms with Crippen LogP contribution >= 0.6 is 0 Å². The summed E-state index contributed by atoms with van der Waals surface area (Å²) in [6, 6.07) is 0. The van der Waals surface area contributed by atoms with Crippen LogP contribution in [-0.4, -0.2) is 10.7 Å². The molecule has 0 amide bonds. The van der Waals surface area contributed by atoms with E-state index >= 15 is 0 Å². The average molecular weight is 264 g/mol. The highest BCUT2D eigenvalue weighted by Crippen LogP contribution is 2.49. The highest BCUT2D eigenvalue weighted by atomic mass is 16.3. The Labute approximate surface area is 119 Å². The first-order valence-electron chi connectivity index (χ1n) is 8.36. The SMILES string of the molecule is CC(C)(C)C1CCCCC1(O)C1=CCCCCCC1. The second kappa shape index (κ2) is 5.99. The molecule has 2 aliphatic rings. The molecular formula is C18H32O. The highest BCUT2D eigenvalue weighted by molar-refractivity contribution is 5.21. The lowest BCUT2D eigenvalue weighted by atomic mass is 9.60. The summed E-state index contributed by atoms with van der Waals surface area (Å²) in [5, 5.41) is 11.4. The molecule has 1 N–H and O–H groups in total. The summed E-state index contributed by atoms with van der Waals surface area (Å²) < 4.78 is 0. The van der Waals surface area contributed by atoms with Crippen LogP contribution in [0.25, 0.3) is 0 Å². The van der Waals surface area contributed by atoms with Crippen molar-refractivity contribution in [2.75, 3.05) is 0 Å². The van der Waals surface area contributed by atoms with E-state index in [0.29, 0.717) is 5.92 Å². The molecule has 110 valence electrons. The standard InChI is InChI=1S/C18H32O/c1-17(2,3)16-13-9-10-14-18(16,19)15-11-7-5-4-6-8-12-15/h11,16,19H,4-10,12-14H2,1-3H3. The smallest absolute Gasteiger partial charge is 0.0889 e. The zero-order chi connectivity index (χ0) is 13.9. The summed E-state index contributed by atoms with van der Waals surface area (Å²) in [6.45, 7) is 6.91. The topological polar surface area (TPSA) is 20.2 Å². The zero-order valence-electron chi connectivity index (χ0n) is 13.2. The van der Waals surface area contributed by atoms with Crippen LogP contribution in [0.5, 0.6) is 0 Å². The Morgan fingerprint density at radius 3 is 2.53 bits per heavy atom. The average Bonchev–Trinajstić information content (AvgIpc) is 2.26. The monoisotopic (exact) mass is 264 g/mol. The summed E-state index contributed by atoms with van der Waals surface area (Å²) >= 11 is 0. The molecule has 2 unspecified atom stereocenters. The molecule has 0 aliphatic heterocycles. The zero-order valence-corrected chi connectivity index (χ0v) is 13.2. The minimum Gasteiger partial charge on any atom is -0.385 e. The maximum absolute atomic E-state index is 11.4. The molecule has 0 aromatic heterocycles. The number of allylic oxidation sites excluding steroid dienone is 1.